The van der Waals surface area contributed by atoms with E-state index in [1.807, 2.05) is 91.0 Å². The zero-order valence-corrected chi connectivity index (χ0v) is 26.0. The van der Waals surface area contributed by atoms with Gasteiger partial charge in [0.15, 0.2) is 6.17 Å². The number of anilines is 1. The zero-order valence-electron chi connectivity index (χ0n) is 24.4. The maximum Gasteiger partial charge on any atom is 0.276 e. The number of hydrogen-bond acceptors (Lipinski definition) is 6. The molecule has 0 saturated heterocycles. The first kappa shape index (κ1) is 29.8. The van der Waals surface area contributed by atoms with Gasteiger partial charge in [-0.2, -0.15) is 0 Å². The number of fused-ring (bicyclic) bond motifs is 1. The number of halogens is 1. The molecule has 45 heavy (non-hydrogen) atoms. The van der Waals surface area contributed by atoms with Gasteiger partial charge in [-0.25, -0.2) is 5.01 Å². The molecule has 2 amide bonds. The average Bonchev–Trinajstić information content (AvgIpc) is 3.08. The molecule has 9 heteroatoms. The van der Waals surface area contributed by atoms with E-state index in [0.29, 0.717) is 40.5 Å². The molecule has 0 saturated carbocycles. The normalized spacial score (nSPS) is 13.8. The zero-order chi connectivity index (χ0) is 31.2. The van der Waals surface area contributed by atoms with Crippen LogP contribution in [0.25, 0.3) is 0 Å². The molecule has 0 bridgehead atoms. The predicted molar refractivity (Wildman–Crippen MR) is 175 cm³/mol. The summed E-state index contributed by atoms with van der Waals surface area (Å²) in [5, 5.41) is 4.74. The van der Waals surface area contributed by atoms with Crippen LogP contribution in [0.2, 0.25) is 0 Å². The first-order valence-electron chi connectivity index (χ1n) is 14.3. The largest absolute Gasteiger partial charge is 0.497 e. The smallest absolute Gasteiger partial charge is 0.276 e. The van der Waals surface area contributed by atoms with Gasteiger partial charge in [0.25, 0.3) is 11.8 Å². The number of rotatable bonds is 10. The van der Waals surface area contributed by atoms with Crippen molar-refractivity contribution >= 4 is 33.4 Å². The van der Waals surface area contributed by atoms with Gasteiger partial charge in [-0.1, -0.05) is 76.6 Å². The third kappa shape index (κ3) is 6.94. The van der Waals surface area contributed by atoms with Gasteiger partial charge in [0.05, 0.1) is 12.7 Å². The lowest BCUT2D eigenvalue weighted by atomic mass is 10.0. The fourth-order valence-electron chi connectivity index (χ4n) is 4.99. The number of hydrazine groups is 1. The molecule has 1 aliphatic heterocycles. The van der Waals surface area contributed by atoms with Crippen LogP contribution < -0.4 is 25.0 Å². The van der Waals surface area contributed by atoms with Crippen molar-refractivity contribution in [2.75, 3.05) is 12.4 Å². The number of para-hydroxylation sites is 1. The summed E-state index contributed by atoms with van der Waals surface area (Å²) < 4.78 is 18.2. The molecule has 5 aromatic carbocycles. The predicted octanol–water partition coefficient (Wildman–Crippen LogP) is 7.53. The molecule has 0 unspecified atom stereocenters. The standard InChI is InChI=1S/C36H30BrN3O5/c1-43-29-11-7-10-25(20-29)23-45-33-13-6-5-12-30(33)34-38-32-19-16-27(37)21-31(32)36(42)40(34)39-35(41)26-14-17-28(18-15-26)44-22-24-8-3-2-4-9-24/h2-21,34,38H,22-23H2,1H3,(H,39,41)/t34-/m1/s1. The van der Waals surface area contributed by atoms with Crippen molar-refractivity contribution in [3.8, 4) is 17.2 Å². The molecule has 0 aliphatic carbocycles. The first-order chi connectivity index (χ1) is 22.0. The second-order valence-electron chi connectivity index (χ2n) is 10.3. The van der Waals surface area contributed by atoms with E-state index in [9.17, 15) is 9.59 Å². The monoisotopic (exact) mass is 663 g/mol. The molecule has 0 spiro atoms. The molecule has 0 aromatic heterocycles. The van der Waals surface area contributed by atoms with Crippen molar-refractivity contribution in [2.45, 2.75) is 19.4 Å². The quantitative estimate of drug-likeness (QED) is 0.161. The summed E-state index contributed by atoms with van der Waals surface area (Å²) >= 11 is 3.46. The lowest BCUT2D eigenvalue weighted by Crippen LogP contribution is -2.53. The Bertz CT molecular complexity index is 1810. The SMILES string of the molecule is COc1cccc(COc2ccccc2[C@@H]2Nc3ccc(Br)cc3C(=O)N2NC(=O)c2ccc(OCc3ccccc3)cc2)c1. The number of ether oxygens (including phenoxy) is 3. The van der Waals surface area contributed by atoms with Crippen LogP contribution in [0.4, 0.5) is 5.69 Å². The average molecular weight is 665 g/mol. The lowest BCUT2D eigenvalue weighted by molar-refractivity contribution is 0.0487. The molecule has 0 radical (unpaired) electrons. The number of nitrogens with one attached hydrogen (secondary N) is 2. The van der Waals surface area contributed by atoms with Crippen molar-refractivity contribution in [3.05, 3.63) is 154 Å². The number of amides is 2. The van der Waals surface area contributed by atoms with Crippen LogP contribution in [0.1, 0.15) is 43.6 Å². The number of methoxy groups -OCH3 is 1. The summed E-state index contributed by atoms with van der Waals surface area (Å²) in [4.78, 5) is 27.5. The molecule has 0 fully saturated rings. The minimum atomic E-state index is -0.759. The first-order valence-corrected chi connectivity index (χ1v) is 15.1. The Balaban J connectivity index is 1.24. The summed E-state index contributed by atoms with van der Waals surface area (Å²) in [6.45, 7) is 0.694. The van der Waals surface area contributed by atoms with Gasteiger partial charge in [0.1, 0.15) is 30.5 Å². The highest BCUT2D eigenvalue weighted by atomic mass is 79.9. The third-order valence-electron chi connectivity index (χ3n) is 7.31. The lowest BCUT2D eigenvalue weighted by Gasteiger charge is -2.38. The van der Waals surface area contributed by atoms with Crippen LogP contribution in [0.15, 0.2) is 126 Å². The van der Waals surface area contributed by atoms with Crippen molar-refractivity contribution in [3.63, 3.8) is 0 Å². The molecule has 8 nitrogen and oxygen atoms in total. The van der Waals surface area contributed by atoms with Crippen molar-refractivity contribution < 1.29 is 23.8 Å². The maximum atomic E-state index is 13.9. The summed E-state index contributed by atoms with van der Waals surface area (Å²) in [5.74, 6) is 1.11. The van der Waals surface area contributed by atoms with Gasteiger partial charge >= 0.3 is 0 Å². The fraction of sp³-hybridized carbons (Fsp3) is 0.111. The molecule has 1 atom stereocenters. The van der Waals surface area contributed by atoms with E-state index in [0.717, 1.165) is 21.3 Å². The second kappa shape index (κ2) is 13.6. The Labute approximate surface area is 269 Å². The summed E-state index contributed by atoms with van der Waals surface area (Å²) in [6.07, 6.45) is -0.759. The third-order valence-corrected chi connectivity index (χ3v) is 7.80. The van der Waals surface area contributed by atoms with Gasteiger partial charge in [0.2, 0.25) is 0 Å². The summed E-state index contributed by atoms with van der Waals surface area (Å²) in [7, 11) is 1.62. The molecule has 2 N–H and O–H groups in total. The van der Waals surface area contributed by atoms with Crippen molar-refractivity contribution in [2.24, 2.45) is 0 Å². The van der Waals surface area contributed by atoms with Crippen molar-refractivity contribution in [1.29, 1.82) is 0 Å². The number of hydrogen-bond donors (Lipinski definition) is 2. The Morgan fingerprint density at radius 1 is 0.800 bits per heavy atom. The Morgan fingerprint density at radius 2 is 1.53 bits per heavy atom. The van der Waals surface area contributed by atoms with E-state index in [2.05, 4.69) is 26.7 Å². The van der Waals surface area contributed by atoms with E-state index in [4.69, 9.17) is 14.2 Å². The van der Waals surface area contributed by atoms with Crippen LogP contribution in [-0.2, 0) is 13.2 Å². The van der Waals surface area contributed by atoms with Gasteiger partial charge in [-0.3, -0.25) is 15.0 Å². The van der Waals surface area contributed by atoms with E-state index in [1.165, 1.54) is 5.01 Å². The molecule has 226 valence electrons. The van der Waals surface area contributed by atoms with Gasteiger partial charge in [0, 0.05) is 21.3 Å². The number of carbonyl (C=O) groups excluding carboxylic acids is 2. The van der Waals surface area contributed by atoms with Gasteiger partial charge < -0.3 is 19.5 Å². The van der Waals surface area contributed by atoms with Crippen LogP contribution in [0, 0.1) is 0 Å². The minimum Gasteiger partial charge on any atom is -0.497 e. The van der Waals surface area contributed by atoms with Crippen LogP contribution in [0.5, 0.6) is 17.2 Å². The highest BCUT2D eigenvalue weighted by Crippen LogP contribution is 2.37. The van der Waals surface area contributed by atoms with Crippen LogP contribution >= 0.6 is 15.9 Å². The summed E-state index contributed by atoms with van der Waals surface area (Å²) in [6, 6.07) is 37.1. The Hall–Kier alpha value is -5.28. The molecule has 5 aromatic rings. The molecule has 1 aliphatic rings. The Kier molecular flexibility index (Phi) is 8.98. The van der Waals surface area contributed by atoms with Gasteiger partial charge in [-0.05, 0) is 71.8 Å². The maximum absolute atomic E-state index is 13.9. The molecular weight excluding hydrogens is 634 g/mol. The molecule has 6 rings (SSSR count). The topological polar surface area (TPSA) is 89.1 Å². The number of carbonyl (C=O) groups is 2. The summed E-state index contributed by atoms with van der Waals surface area (Å²) in [5.41, 5.74) is 6.91. The number of nitrogens with zero attached hydrogens (tertiary/aromatic N) is 1. The van der Waals surface area contributed by atoms with Crippen LogP contribution in [0.3, 0.4) is 0 Å². The Morgan fingerprint density at radius 3 is 2.33 bits per heavy atom. The van der Waals surface area contributed by atoms with E-state index in [1.54, 1.807) is 37.4 Å². The highest BCUT2D eigenvalue weighted by Gasteiger charge is 2.36. The minimum absolute atomic E-state index is 0.281. The molecular formula is C36H30BrN3O5. The highest BCUT2D eigenvalue weighted by molar-refractivity contribution is 9.10. The number of benzene rings is 5. The van der Waals surface area contributed by atoms with Gasteiger partial charge in [-0.15, -0.1) is 0 Å². The van der Waals surface area contributed by atoms with E-state index < -0.39 is 12.1 Å². The van der Waals surface area contributed by atoms with Crippen molar-refractivity contribution in [1.82, 2.24) is 10.4 Å². The molecule has 1 heterocycles. The van der Waals surface area contributed by atoms with E-state index >= 15 is 0 Å². The van der Waals surface area contributed by atoms with Crippen LogP contribution in [-0.4, -0.2) is 23.9 Å². The second-order valence-corrected chi connectivity index (χ2v) is 11.2. The van der Waals surface area contributed by atoms with E-state index in [-0.39, 0.29) is 12.5 Å². The fourth-order valence-corrected chi connectivity index (χ4v) is 5.35.